The van der Waals surface area contributed by atoms with E-state index in [-0.39, 0.29) is 18.2 Å². The molecule has 4 N–H and O–H groups in total. The van der Waals surface area contributed by atoms with Crippen LogP contribution in [0.3, 0.4) is 0 Å². The largest absolute Gasteiger partial charge is 0.506 e. The number of carboxylic acids is 1. The van der Waals surface area contributed by atoms with Crippen molar-refractivity contribution in [2.45, 2.75) is 25.8 Å². The van der Waals surface area contributed by atoms with Crippen molar-refractivity contribution in [3.05, 3.63) is 27.7 Å². The van der Waals surface area contributed by atoms with Gasteiger partial charge < -0.3 is 15.9 Å². The van der Waals surface area contributed by atoms with Gasteiger partial charge in [-0.2, -0.15) is 0 Å². The Bertz CT molecular complexity index is 383. The molecule has 0 spiro atoms. The Morgan fingerprint density at radius 3 is 2.69 bits per heavy atom. The van der Waals surface area contributed by atoms with Gasteiger partial charge >= 0.3 is 5.97 Å². The van der Waals surface area contributed by atoms with Crippen molar-refractivity contribution in [3.63, 3.8) is 0 Å². The molecule has 0 saturated heterocycles. The molecule has 0 heterocycles. The Labute approximate surface area is 102 Å². The zero-order valence-electron chi connectivity index (χ0n) is 8.90. The van der Waals surface area contributed by atoms with Gasteiger partial charge in [0.15, 0.2) is 0 Å². The van der Waals surface area contributed by atoms with Crippen molar-refractivity contribution in [1.82, 2.24) is 0 Å². The van der Waals surface area contributed by atoms with E-state index in [1.807, 2.05) is 0 Å². The number of aryl methyl sites for hydroxylation is 1. The van der Waals surface area contributed by atoms with Crippen LogP contribution in [0.15, 0.2) is 16.6 Å². The fourth-order valence-electron chi connectivity index (χ4n) is 1.42. The predicted molar refractivity (Wildman–Crippen MR) is 64.3 cm³/mol. The fraction of sp³-hybridized carbons (Fsp3) is 0.364. The number of carboxylic acid groups (broad SMARTS) is 1. The van der Waals surface area contributed by atoms with Crippen LogP contribution in [0.5, 0.6) is 5.75 Å². The molecule has 1 rings (SSSR count). The lowest BCUT2D eigenvalue weighted by Crippen LogP contribution is -2.12. The normalized spacial score (nSPS) is 12.4. The van der Waals surface area contributed by atoms with E-state index in [2.05, 4.69) is 15.9 Å². The van der Waals surface area contributed by atoms with E-state index in [4.69, 9.17) is 10.8 Å². The van der Waals surface area contributed by atoms with E-state index in [9.17, 15) is 9.90 Å². The summed E-state index contributed by atoms with van der Waals surface area (Å²) in [6.45, 7) is 1.77. The highest BCUT2D eigenvalue weighted by Crippen LogP contribution is 2.31. The summed E-state index contributed by atoms with van der Waals surface area (Å²) < 4.78 is 0.577. The molecule has 0 aliphatic heterocycles. The summed E-state index contributed by atoms with van der Waals surface area (Å²) in [6.07, 6.45) is 0.421. The summed E-state index contributed by atoms with van der Waals surface area (Å²) in [4.78, 5) is 10.4. The van der Waals surface area contributed by atoms with Crippen LogP contribution < -0.4 is 5.73 Å². The lowest BCUT2D eigenvalue weighted by molar-refractivity contribution is -0.137. The Balaban J connectivity index is 2.84. The monoisotopic (exact) mass is 287 g/mol. The molecular formula is C11H14BrNO3. The molecule has 0 aromatic heterocycles. The number of phenolic OH excluding ortho intramolecular Hbond substituents is 1. The molecule has 1 aromatic rings. The Hall–Kier alpha value is -1.07. The van der Waals surface area contributed by atoms with Crippen molar-refractivity contribution < 1.29 is 15.0 Å². The first-order chi connectivity index (χ1) is 7.41. The van der Waals surface area contributed by atoms with Crippen molar-refractivity contribution in [3.8, 4) is 5.75 Å². The van der Waals surface area contributed by atoms with Gasteiger partial charge in [-0.3, -0.25) is 4.79 Å². The van der Waals surface area contributed by atoms with E-state index in [1.165, 1.54) is 0 Å². The molecular weight excluding hydrogens is 274 g/mol. The molecule has 5 heteroatoms. The van der Waals surface area contributed by atoms with Crippen molar-refractivity contribution in [2.24, 2.45) is 5.73 Å². The predicted octanol–water partition coefficient (Wildman–Crippen LogP) is 2.33. The standard InChI is InChI=1S/C11H14BrNO3/c1-6-4-7(5-8(12)11(6)16)9(13)2-3-10(14)15/h4-5,9,16H,2-3,13H2,1H3,(H,14,15). The van der Waals surface area contributed by atoms with Crippen LogP contribution in [0, 0.1) is 6.92 Å². The SMILES string of the molecule is Cc1cc(C(N)CCC(=O)O)cc(Br)c1O. The molecule has 1 unspecified atom stereocenters. The van der Waals surface area contributed by atoms with Gasteiger partial charge in [0.2, 0.25) is 0 Å². The number of halogens is 1. The Morgan fingerprint density at radius 2 is 2.19 bits per heavy atom. The van der Waals surface area contributed by atoms with Gasteiger partial charge in [-0.05, 0) is 46.5 Å². The lowest BCUT2D eigenvalue weighted by atomic mass is 10.0. The second-order valence-electron chi connectivity index (χ2n) is 3.71. The van der Waals surface area contributed by atoms with Gasteiger partial charge in [-0.25, -0.2) is 0 Å². The van der Waals surface area contributed by atoms with Crippen LogP contribution >= 0.6 is 15.9 Å². The van der Waals surface area contributed by atoms with Gasteiger partial charge in [-0.1, -0.05) is 6.07 Å². The summed E-state index contributed by atoms with van der Waals surface area (Å²) >= 11 is 3.22. The van der Waals surface area contributed by atoms with Gasteiger partial charge in [0, 0.05) is 12.5 Å². The smallest absolute Gasteiger partial charge is 0.303 e. The second-order valence-corrected chi connectivity index (χ2v) is 4.56. The number of carbonyl (C=O) groups is 1. The van der Waals surface area contributed by atoms with Gasteiger partial charge in [0.1, 0.15) is 5.75 Å². The molecule has 16 heavy (non-hydrogen) atoms. The summed E-state index contributed by atoms with van der Waals surface area (Å²) in [5.74, 6) is -0.667. The first kappa shape index (κ1) is 13.0. The molecule has 1 aromatic carbocycles. The molecule has 4 nitrogen and oxygen atoms in total. The van der Waals surface area contributed by atoms with Gasteiger partial charge in [-0.15, -0.1) is 0 Å². The van der Waals surface area contributed by atoms with Crippen LogP contribution in [-0.2, 0) is 4.79 Å². The molecule has 1 atom stereocenters. The van der Waals surface area contributed by atoms with Crippen molar-refractivity contribution >= 4 is 21.9 Å². The minimum atomic E-state index is -0.856. The number of rotatable bonds is 4. The molecule has 0 amide bonds. The molecule has 0 radical (unpaired) electrons. The fourth-order valence-corrected chi connectivity index (χ4v) is 2.00. The highest BCUT2D eigenvalue weighted by atomic mass is 79.9. The number of nitrogens with two attached hydrogens (primary N) is 1. The maximum absolute atomic E-state index is 10.4. The maximum Gasteiger partial charge on any atom is 0.303 e. The zero-order chi connectivity index (χ0) is 12.3. The third kappa shape index (κ3) is 3.21. The molecule has 88 valence electrons. The third-order valence-electron chi connectivity index (χ3n) is 2.37. The van der Waals surface area contributed by atoms with E-state index < -0.39 is 5.97 Å². The summed E-state index contributed by atoms with van der Waals surface area (Å²) in [5, 5.41) is 18.1. The molecule has 0 aliphatic carbocycles. The van der Waals surface area contributed by atoms with E-state index in [0.29, 0.717) is 10.9 Å². The number of hydrogen-bond donors (Lipinski definition) is 3. The van der Waals surface area contributed by atoms with E-state index in [1.54, 1.807) is 19.1 Å². The van der Waals surface area contributed by atoms with Crippen molar-refractivity contribution in [2.75, 3.05) is 0 Å². The van der Waals surface area contributed by atoms with Crippen LogP contribution in [0.4, 0.5) is 0 Å². The van der Waals surface area contributed by atoms with Gasteiger partial charge in [0.25, 0.3) is 0 Å². The first-order valence-electron chi connectivity index (χ1n) is 4.88. The minimum Gasteiger partial charge on any atom is -0.506 e. The molecule has 0 aliphatic rings. The highest BCUT2D eigenvalue weighted by molar-refractivity contribution is 9.10. The van der Waals surface area contributed by atoms with E-state index in [0.717, 1.165) is 11.1 Å². The summed E-state index contributed by atoms with van der Waals surface area (Å²) in [5.41, 5.74) is 7.41. The van der Waals surface area contributed by atoms with Crippen LogP contribution in [0.2, 0.25) is 0 Å². The molecule has 0 bridgehead atoms. The maximum atomic E-state index is 10.4. The molecule has 0 saturated carbocycles. The molecule has 0 fully saturated rings. The minimum absolute atomic E-state index is 0.0404. The number of aliphatic carboxylic acids is 1. The van der Waals surface area contributed by atoms with Gasteiger partial charge in [0.05, 0.1) is 4.47 Å². The highest BCUT2D eigenvalue weighted by Gasteiger charge is 2.12. The topological polar surface area (TPSA) is 83.6 Å². The van der Waals surface area contributed by atoms with Crippen LogP contribution in [0.25, 0.3) is 0 Å². The average molecular weight is 288 g/mol. The number of aromatic hydroxyl groups is 1. The second kappa shape index (κ2) is 5.32. The third-order valence-corrected chi connectivity index (χ3v) is 2.98. The number of hydrogen-bond acceptors (Lipinski definition) is 3. The summed E-state index contributed by atoms with van der Waals surface area (Å²) in [6, 6.07) is 3.16. The summed E-state index contributed by atoms with van der Waals surface area (Å²) in [7, 11) is 0. The first-order valence-corrected chi connectivity index (χ1v) is 5.67. The van der Waals surface area contributed by atoms with E-state index >= 15 is 0 Å². The Morgan fingerprint density at radius 1 is 1.56 bits per heavy atom. The van der Waals surface area contributed by atoms with Crippen molar-refractivity contribution in [1.29, 1.82) is 0 Å². The number of benzene rings is 1. The number of phenols is 1. The Kier molecular flexibility index (Phi) is 4.32. The lowest BCUT2D eigenvalue weighted by Gasteiger charge is -2.13. The quantitative estimate of drug-likeness (QED) is 0.794. The zero-order valence-corrected chi connectivity index (χ0v) is 10.5. The van der Waals surface area contributed by atoms with Crippen LogP contribution in [0.1, 0.15) is 30.0 Å². The van der Waals surface area contributed by atoms with Crippen LogP contribution in [-0.4, -0.2) is 16.2 Å². The average Bonchev–Trinajstić information content (AvgIpc) is 2.21.